The Labute approximate surface area is 204 Å². The van der Waals surface area contributed by atoms with Crippen molar-refractivity contribution in [3.8, 4) is 11.1 Å². The van der Waals surface area contributed by atoms with Crippen molar-refractivity contribution >= 4 is 29.2 Å². The van der Waals surface area contributed by atoms with Gasteiger partial charge in [0.15, 0.2) is 5.82 Å². The Morgan fingerprint density at radius 3 is 2.38 bits per heavy atom. The molecule has 178 valence electrons. The number of rotatable bonds is 8. The molecule has 2 atom stereocenters. The number of benzene rings is 3. The van der Waals surface area contributed by atoms with Gasteiger partial charge in [-0.2, -0.15) is 0 Å². The highest BCUT2D eigenvalue weighted by atomic mass is 35.5. The smallest absolute Gasteiger partial charge is 0.326 e. The maximum Gasteiger partial charge on any atom is 0.326 e. The molecule has 5 nitrogen and oxygen atoms in total. The van der Waals surface area contributed by atoms with Crippen molar-refractivity contribution in [3.05, 3.63) is 88.2 Å². The van der Waals surface area contributed by atoms with E-state index in [9.17, 15) is 9.59 Å². The number of carboxylic acids is 1. The van der Waals surface area contributed by atoms with Crippen LogP contribution in [0, 0.1) is 12.7 Å². The second kappa shape index (κ2) is 10.7. The van der Waals surface area contributed by atoms with E-state index < -0.39 is 17.9 Å². The molecule has 34 heavy (non-hydrogen) atoms. The van der Waals surface area contributed by atoms with Crippen molar-refractivity contribution in [3.63, 3.8) is 0 Å². The van der Waals surface area contributed by atoms with E-state index in [1.165, 1.54) is 14.0 Å². The first-order valence-corrected chi connectivity index (χ1v) is 11.4. The van der Waals surface area contributed by atoms with Crippen LogP contribution in [0.25, 0.3) is 11.1 Å². The van der Waals surface area contributed by atoms with E-state index in [1.54, 1.807) is 42.5 Å². The van der Waals surface area contributed by atoms with Crippen LogP contribution in [0.5, 0.6) is 0 Å². The number of aryl methyl sites for hydroxylation is 1. The molecule has 0 heterocycles. The zero-order valence-corrected chi connectivity index (χ0v) is 20.4. The first-order valence-electron chi connectivity index (χ1n) is 11.1. The van der Waals surface area contributed by atoms with E-state index in [0.717, 1.165) is 22.4 Å². The summed E-state index contributed by atoms with van der Waals surface area (Å²) in [7, 11) is 1.44. The fourth-order valence-corrected chi connectivity index (χ4v) is 3.81. The molecular formula is C27H28ClFN2O3. The van der Waals surface area contributed by atoms with Gasteiger partial charge in [-0.05, 0) is 61.2 Å². The summed E-state index contributed by atoms with van der Waals surface area (Å²) in [6.45, 7) is 5.41. The summed E-state index contributed by atoms with van der Waals surface area (Å²) in [6.07, 6.45) is 0.754. The Hall–Kier alpha value is -3.38. The monoisotopic (exact) mass is 482 g/mol. The summed E-state index contributed by atoms with van der Waals surface area (Å²) in [5, 5.41) is 13.1. The quantitative estimate of drug-likeness (QED) is 0.381. The number of hydrogen-bond acceptors (Lipinski definition) is 3. The predicted molar refractivity (Wildman–Crippen MR) is 134 cm³/mol. The van der Waals surface area contributed by atoms with Crippen LogP contribution in [0.15, 0.2) is 60.7 Å². The second-order valence-corrected chi connectivity index (χ2v) is 8.70. The summed E-state index contributed by atoms with van der Waals surface area (Å²) in [5.41, 5.74) is 3.72. The average molecular weight is 483 g/mol. The molecule has 2 N–H and O–H groups in total. The van der Waals surface area contributed by atoms with Gasteiger partial charge in [0.2, 0.25) is 0 Å². The molecule has 0 aliphatic carbocycles. The molecule has 0 radical (unpaired) electrons. The molecule has 3 aromatic carbocycles. The van der Waals surface area contributed by atoms with Crippen LogP contribution in [-0.2, 0) is 4.79 Å². The molecule has 0 aromatic heterocycles. The van der Waals surface area contributed by atoms with Gasteiger partial charge in [-0.1, -0.05) is 54.9 Å². The van der Waals surface area contributed by atoms with Crippen LogP contribution in [0.2, 0.25) is 5.02 Å². The van der Waals surface area contributed by atoms with E-state index in [4.69, 9.17) is 16.7 Å². The molecular weight excluding hydrogens is 455 g/mol. The molecule has 0 saturated carbocycles. The number of carbonyl (C=O) groups is 2. The van der Waals surface area contributed by atoms with Gasteiger partial charge in [0.05, 0.1) is 11.7 Å². The van der Waals surface area contributed by atoms with Crippen LogP contribution < -0.4 is 5.32 Å². The highest BCUT2D eigenvalue weighted by Crippen LogP contribution is 2.32. The van der Waals surface area contributed by atoms with Gasteiger partial charge in [0.25, 0.3) is 5.91 Å². The largest absolute Gasteiger partial charge is 0.480 e. The predicted octanol–water partition coefficient (Wildman–Crippen LogP) is 6.56. The van der Waals surface area contributed by atoms with Gasteiger partial charge in [-0.3, -0.25) is 4.79 Å². The summed E-state index contributed by atoms with van der Waals surface area (Å²) >= 11 is 6.15. The van der Waals surface area contributed by atoms with Crippen molar-refractivity contribution in [2.75, 3.05) is 12.4 Å². The van der Waals surface area contributed by atoms with Crippen molar-refractivity contribution in [1.82, 2.24) is 4.90 Å². The van der Waals surface area contributed by atoms with Crippen molar-refractivity contribution in [1.29, 1.82) is 0 Å². The Bertz CT molecular complexity index is 1200. The van der Waals surface area contributed by atoms with Gasteiger partial charge in [-0.25, -0.2) is 9.18 Å². The average Bonchev–Trinajstić information content (AvgIpc) is 2.84. The first-order chi connectivity index (χ1) is 16.1. The summed E-state index contributed by atoms with van der Waals surface area (Å²) < 4.78 is 15.5. The van der Waals surface area contributed by atoms with Crippen LogP contribution >= 0.6 is 11.6 Å². The third kappa shape index (κ3) is 5.39. The van der Waals surface area contributed by atoms with Crippen molar-refractivity contribution in [2.45, 2.75) is 39.3 Å². The van der Waals surface area contributed by atoms with E-state index >= 15 is 4.39 Å². The lowest BCUT2D eigenvalue weighted by molar-refractivity contribution is -0.141. The minimum Gasteiger partial charge on any atom is -0.480 e. The maximum atomic E-state index is 15.5. The normalized spacial score (nSPS) is 12.6. The fraction of sp³-hybridized carbons (Fsp3) is 0.259. The van der Waals surface area contributed by atoms with E-state index in [1.807, 2.05) is 32.0 Å². The Balaban J connectivity index is 1.84. The van der Waals surface area contributed by atoms with Gasteiger partial charge in [-0.15, -0.1) is 0 Å². The standard InChI is InChI=1S/C27H28ClFN2O3/c1-5-23(20-13-14-22(28)16(2)15-20)30-24-8-6-7-21(25(24)29)18-9-11-19(12-10-18)26(32)31(4)17(3)27(33)34/h6-15,17,23,30H,5H2,1-4H3,(H,33,34). The van der Waals surface area contributed by atoms with Crippen molar-refractivity contribution < 1.29 is 19.1 Å². The lowest BCUT2D eigenvalue weighted by Crippen LogP contribution is -2.40. The van der Waals surface area contributed by atoms with E-state index in [-0.39, 0.29) is 11.9 Å². The zero-order chi connectivity index (χ0) is 25.0. The van der Waals surface area contributed by atoms with Crippen LogP contribution in [0.4, 0.5) is 10.1 Å². The number of hydrogen-bond donors (Lipinski definition) is 2. The third-order valence-corrected chi connectivity index (χ3v) is 6.45. The second-order valence-electron chi connectivity index (χ2n) is 8.29. The number of likely N-dealkylation sites (N-methyl/N-ethyl adjacent to an activating group) is 1. The maximum absolute atomic E-state index is 15.5. The van der Waals surface area contributed by atoms with Gasteiger partial charge in [0, 0.05) is 23.2 Å². The molecule has 0 aliphatic heterocycles. The molecule has 7 heteroatoms. The molecule has 0 bridgehead atoms. The highest BCUT2D eigenvalue weighted by molar-refractivity contribution is 6.31. The molecule has 1 amide bonds. The molecule has 0 spiro atoms. The number of aliphatic carboxylic acids is 1. The molecule has 0 aliphatic rings. The first kappa shape index (κ1) is 25.2. The zero-order valence-electron chi connectivity index (χ0n) is 19.6. The van der Waals surface area contributed by atoms with Crippen LogP contribution in [-0.4, -0.2) is 35.0 Å². The number of amides is 1. The number of halogens is 2. The van der Waals surface area contributed by atoms with Gasteiger partial charge in [0.1, 0.15) is 6.04 Å². The van der Waals surface area contributed by atoms with E-state index in [0.29, 0.717) is 27.4 Å². The topological polar surface area (TPSA) is 69.6 Å². The number of carbonyl (C=O) groups excluding carboxylic acids is 1. The molecule has 3 rings (SSSR count). The number of carboxylic acid groups (broad SMARTS) is 1. The number of nitrogens with one attached hydrogen (secondary N) is 1. The lowest BCUT2D eigenvalue weighted by atomic mass is 10.00. The van der Waals surface area contributed by atoms with Crippen molar-refractivity contribution in [2.24, 2.45) is 0 Å². The highest BCUT2D eigenvalue weighted by Gasteiger charge is 2.23. The lowest BCUT2D eigenvalue weighted by Gasteiger charge is -2.22. The molecule has 3 aromatic rings. The minimum atomic E-state index is -1.09. The fourth-order valence-electron chi connectivity index (χ4n) is 3.70. The van der Waals surface area contributed by atoms with Crippen LogP contribution in [0.3, 0.4) is 0 Å². The van der Waals surface area contributed by atoms with Gasteiger partial charge >= 0.3 is 5.97 Å². The number of nitrogens with zero attached hydrogens (tertiary/aromatic N) is 1. The summed E-state index contributed by atoms with van der Waals surface area (Å²) in [4.78, 5) is 24.9. The summed E-state index contributed by atoms with van der Waals surface area (Å²) in [6, 6.07) is 16.4. The molecule has 0 saturated heterocycles. The SMILES string of the molecule is CCC(Nc1cccc(-c2ccc(C(=O)N(C)C(C)C(=O)O)cc2)c1F)c1ccc(Cl)c(C)c1. The molecule has 2 unspecified atom stereocenters. The third-order valence-electron chi connectivity index (χ3n) is 6.02. The Morgan fingerprint density at radius 2 is 1.79 bits per heavy atom. The van der Waals surface area contributed by atoms with Gasteiger partial charge < -0.3 is 15.3 Å². The minimum absolute atomic E-state index is 0.0903. The summed E-state index contributed by atoms with van der Waals surface area (Å²) in [5.74, 6) is -1.89. The molecule has 0 fully saturated rings. The Kier molecular flexibility index (Phi) is 7.94. The Morgan fingerprint density at radius 1 is 1.12 bits per heavy atom. The van der Waals surface area contributed by atoms with E-state index in [2.05, 4.69) is 5.32 Å². The number of anilines is 1. The van der Waals surface area contributed by atoms with Crippen LogP contribution in [0.1, 0.15) is 47.8 Å².